The third kappa shape index (κ3) is 5.76. The minimum Gasteiger partial charge on any atom is -0.490 e. The van der Waals surface area contributed by atoms with Crippen molar-refractivity contribution in [2.75, 3.05) is 17.7 Å². The highest BCUT2D eigenvalue weighted by Gasteiger charge is 2.11. The van der Waals surface area contributed by atoms with Gasteiger partial charge in [-0.25, -0.2) is 0 Å². The molecule has 0 atom stereocenters. The number of rotatable bonds is 8. The van der Waals surface area contributed by atoms with Gasteiger partial charge in [-0.3, -0.25) is 0 Å². The fraction of sp³-hybridized carbons (Fsp3) is 0.0800. The van der Waals surface area contributed by atoms with Crippen molar-refractivity contribution in [2.24, 2.45) is 0 Å². The van der Waals surface area contributed by atoms with Crippen LogP contribution in [-0.2, 0) is 0 Å². The molecule has 0 unspecified atom stereocenters. The summed E-state index contributed by atoms with van der Waals surface area (Å²) in [7, 11) is 0. The molecule has 3 rings (SSSR count). The molecule has 0 saturated carbocycles. The smallest absolute Gasteiger partial charge is 0.169 e. The topological polar surface area (TPSA) is 80.3 Å². The van der Waals surface area contributed by atoms with E-state index in [0.717, 1.165) is 5.56 Å². The summed E-state index contributed by atoms with van der Waals surface area (Å²) in [6.07, 6.45) is 1.70. The van der Waals surface area contributed by atoms with Gasteiger partial charge in [0.2, 0.25) is 0 Å². The van der Waals surface area contributed by atoms with E-state index in [1.54, 1.807) is 42.5 Å². The Balaban J connectivity index is 1.87. The number of hydrogen-bond acceptors (Lipinski definition) is 5. The number of ether oxygens (including phenoxy) is 2. The second kappa shape index (κ2) is 10.6. The molecule has 0 bridgehead atoms. The molecule has 0 spiro atoms. The van der Waals surface area contributed by atoms with Gasteiger partial charge in [-0.15, -0.1) is 0 Å². The van der Waals surface area contributed by atoms with Gasteiger partial charge in [-0.05, 0) is 61.0 Å². The summed E-state index contributed by atoms with van der Waals surface area (Å²) in [4.78, 5) is 0. The standard InChI is InChI=1S/C25H21Cl2N3O2/c1-3-31-25-13-17(8-10-24(25)32-23-11-9-19(26)14-20(23)27)12-18(15-28)16(2)30-22-7-5-4-6-21(22)29/h4-14,30H,2-3,29H2,1H3/b18-12+. The van der Waals surface area contributed by atoms with E-state index in [-0.39, 0.29) is 0 Å². The van der Waals surface area contributed by atoms with Crippen LogP contribution in [0.15, 0.2) is 78.5 Å². The molecule has 0 aliphatic rings. The number of nitriles is 1. The van der Waals surface area contributed by atoms with E-state index in [0.29, 0.717) is 56.5 Å². The highest BCUT2D eigenvalue weighted by Crippen LogP contribution is 2.37. The van der Waals surface area contributed by atoms with E-state index in [1.165, 1.54) is 0 Å². The van der Waals surface area contributed by atoms with Crippen LogP contribution in [0.5, 0.6) is 17.2 Å². The zero-order valence-electron chi connectivity index (χ0n) is 17.4. The lowest BCUT2D eigenvalue weighted by Gasteiger charge is -2.14. The van der Waals surface area contributed by atoms with Gasteiger partial charge in [0.1, 0.15) is 11.8 Å². The van der Waals surface area contributed by atoms with E-state index in [9.17, 15) is 5.26 Å². The van der Waals surface area contributed by atoms with Gasteiger partial charge < -0.3 is 20.5 Å². The number of nitrogens with two attached hydrogens (primary N) is 1. The number of anilines is 2. The molecular formula is C25H21Cl2N3O2. The van der Waals surface area contributed by atoms with Crippen LogP contribution in [-0.4, -0.2) is 6.61 Å². The molecule has 0 heterocycles. The van der Waals surface area contributed by atoms with E-state index in [2.05, 4.69) is 18.0 Å². The number of halogens is 2. The Morgan fingerprint density at radius 2 is 1.84 bits per heavy atom. The highest BCUT2D eigenvalue weighted by molar-refractivity contribution is 6.35. The summed E-state index contributed by atoms with van der Waals surface area (Å²) in [5.41, 5.74) is 8.72. The van der Waals surface area contributed by atoms with E-state index >= 15 is 0 Å². The maximum atomic E-state index is 9.65. The number of nitrogens with one attached hydrogen (secondary N) is 1. The molecule has 5 nitrogen and oxygen atoms in total. The van der Waals surface area contributed by atoms with Gasteiger partial charge in [0, 0.05) is 10.7 Å². The number of hydrogen-bond donors (Lipinski definition) is 2. The van der Waals surface area contributed by atoms with Crippen LogP contribution in [0.3, 0.4) is 0 Å². The molecule has 7 heteroatoms. The predicted molar refractivity (Wildman–Crippen MR) is 131 cm³/mol. The Morgan fingerprint density at radius 1 is 1.09 bits per heavy atom. The summed E-state index contributed by atoms with van der Waals surface area (Å²) in [6, 6.07) is 19.8. The Kier molecular flexibility index (Phi) is 7.67. The predicted octanol–water partition coefficient (Wildman–Crippen LogP) is 7.30. The lowest BCUT2D eigenvalue weighted by Crippen LogP contribution is -2.03. The van der Waals surface area contributed by atoms with Crippen LogP contribution in [0.1, 0.15) is 12.5 Å². The average molecular weight is 466 g/mol. The molecule has 0 aliphatic heterocycles. The second-order valence-electron chi connectivity index (χ2n) is 6.68. The van der Waals surface area contributed by atoms with Crippen molar-refractivity contribution in [2.45, 2.75) is 6.92 Å². The van der Waals surface area contributed by atoms with E-state index < -0.39 is 0 Å². The van der Waals surface area contributed by atoms with Crippen molar-refractivity contribution in [3.05, 3.63) is 94.1 Å². The number of para-hydroxylation sites is 2. The van der Waals surface area contributed by atoms with Crippen molar-refractivity contribution in [3.63, 3.8) is 0 Å². The number of nitrogens with zero attached hydrogens (tertiary/aromatic N) is 1. The minimum absolute atomic E-state index is 0.352. The number of benzene rings is 3. The van der Waals surface area contributed by atoms with Gasteiger partial charge in [0.25, 0.3) is 0 Å². The van der Waals surface area contributed by atoms with Crippen LogP contribution in [0.2, 0.25) is 10.0 Å². The van der Waals surface area contributed by atoms with Crippen LogP contribution < -0.4 is 20.5 Å². The first-order chi connectivity index (χ1) is 15.4. The van der Waals surface area contributed by atoms with Gasteiger partial charge in [0.15, 0.2) is 11.5 Å². The molecule has 162 valence electrons. The Bertz CT molecular complexity index is 1220. The summed E-state index contributed by atoms with van der Waals surface area (Å²) in [6.45, 7) is 6.28. The zero-order valence-corrected chi connectivity index (χ0v) is 18.9. The molecule has 0 saturated heterocycles. The van der Waals surface area contributed by atoms with Crippen LogP contribution >= 0.6 is 23.2 Å². The molecule has 3 N–H and O–H groups in total. The lowest BCUT2D eigenvalue weighted by molar-refractivity contribution is 0.321. The molecule has 3 aromatic carbocycles. The molecular weight excluding hydrogens is 445 g/mol. The highest BCUT2D eigenvalue weighted by atomic mass is 35.5. The van der Waals surface area contributed by atoms with Gasteiger partial charge in [-0.2, -0.15) is 5.26 Å². The molecule has 0 aromatic heterocycles. The van der Waals surface area contributed by atoms with Gasteiger partial charge in [0.05, 0.1) is 28.6 Å². The van der Waals surface area contributed by atoms with Crippen LogP contribution in [0, 0.1) is 11.3 Å². The van der Waals surface area contributed by atoms with Crippen molar-refractivity contribution in [1.29, 1.82) is 5.26 Å². The first kappa shape index (κ1) is 23.1. The minimum atomic E-state index is 0.352. The number of nitrogen functional groups attached to an aromatic ring is 1. The molecule has 3 aromatic rings. The summed E-state index contributed by atoms with van der Waals surface area (Å²) in [5, 5.41) is 13.6. The largest absolute Gasteiger partial charge is 0.490 e. The van der Waals surface area contributed by atoms with E-state index in [1.807, 2.05) is 31.2 Å². The number of allylic oxidation sites excluding steroid dienone is 1. The van der Waals surface area contributed by atoms with Crippen molar-refractivity contribution < 1.29 is 9.47 Å². The summed E-state index contributed by atoms with van der Waals surface area (Å²) in [5.74, 6) is 1.45. The summed E-state index contributed by atoms with van der Waals surface area (Å²) < 4.78 is 11.7. The van der Waals surface area contributed by atoms with Gasteiger partial charge >= 0.3 is 0 Å². The van der Waals surface area contributed by atoms with Crippen molar-refractivity contribution >= 4 is 40.7 Å². The molecule has 0 radical (unpaired) electrons. The third-order valence-electron chi connectivity index (χ3n) is 4.38. The SMILES string of the molecule is C=C(Nc1ccccc1N)/C(C#N)=C/c1ccc(Oc2ccc(Cl)cc2Cl)c(OCC)c1. The summed E-state index contributed by atoms with van der Waals surface area (Å²) >= 11 is 12.2. The normalized spacial score (nSPS) is 10.9. The quantitative estimate of drug-likeness (QED) is 0.207. The molecule has 0 aliphatic carbocycles. The van der Waals surface area contributed by atoms with Crippen molar-refractivity contribution in [1.82, 2.24) is 0 Å². The van der Waals surface area contributed by atoms with Crippen LogP contribution in [0.25, 0.3) is 6.08 Å². The van der Waals surface area contributed by atoms with Crippen molar-refractivity contribution in [3.8, 4) is 23.3 Å². The maximum Gasteiger partial charge on any atom is 0.169 e. The Morgan fingerprint density at radius 3 is 2.53 bits per heavy atom. The Hall–Kier alpha value is -3.59. The second-order valence-corrected chi connectivity index (χ2v) is 7.52. The fourth-order valence-corrected chi connectivity index (χ4v) is 3.28. The molecule has 0 fully saturated rings. The molecule has 0 amide bonds. The van der Waals surface area contributed by atoms with Crippen LogP contribution in [0.4, 0.5) is 11.4 Å². The Labute approximate surface area is 197 Å². The maximum absolute atomic E-state index is 9.65. The first-order valence-electron chi connectivity index (χ1n) is 9.73. The first-order valence-corrected chi connectivity index (χ1v) is 10.5. The fourth-order valence-electron chi connectivity index (χ4n) is 2.84. The third-order valence-corrected chi connectivity index (χ3v) is 4.91. The lowest BCUT2D eigenvalue weighted by atomic mass is 10.1. The average Bonchev–Trinajstić information content (AvgIpc) is 2.77. The van der Waals surface area contributed by atoms with Gasteiger partial charge in [-0.1, -0.05) is 48.0 Å². The molecule has 32 heavy (non-hydrogen) atoms. The zero-order chi connectivity index (χ0) is 23.1. The monoisotopic (exact) mass is 465 g/mol. The van der Waals surface area contributed by atoms with E-state index in [4.69, 9.17) is 38.4 Å².